The lowest BCUT2D eigenvalue weighted by Gasteiger charge is -2.11. The Labute approximate surface area is 101 Å². The summed E-state index contributed by atoms with van der Waals surface area (Å²) in [6.07, 6.45) is 0.951. The van der Waals surface area contributed by atoms with Gasteiger partial charge in [0.25, 0.3) is 0 Å². The molecule has 0 amide bonds. The average Bonchev–Trinajstić information content (AvgIpc) is 2.36. The molecule has 0 saturated heterocycles. The van der Waals surface area contributed by atoms with Crippen molar-refractivity contribution in [2.45, 2.75) is 13.3 Å². The SMILES string of the molecule is COc1nc(NCC(C)CCN)nc(OC)n1. The van der Waals surface area contributed by atoms with Gasteiger partial charge in [0, 0.05) is 6.54 Å². The van der Waals surface area contributed by atoms with Crippen molar-refractivity contribution in [3.63, 3.8) is 0 Å². The van der Waals surface area contributed by atoms with Crippen LogP contribution in [0, 0.1) is 5.92 Å². The normalized spacial score (nSPS) is 12.0. The highest BCUT2D eigenvalue weighted by molar-refractivity contribution is 5.27. The summed E-state index contributed by atoms with van der Waals surface area (Å²) in [4.78, 5) is 12.0. The van der Waals surface area contributed by atoms with E-state index in [4.69, 9.17) is 15.2 Å². The summed E-state index contributed by atoms with van der Waals surface area (Å²) in [6, 6.07) is 0.455. The molecule has 96 valence electrons. The number of hydrogen-bond donors (Lipinski definition) is 2. The molecule has 17 heavy (non-hydrogen) atoms. The third-order valence-electron chi connectivity index (χ3n) is 2.23. The minimum Gasteiger partial charge on any atom is -0.467 e. The highest BCUT2D eigenvalue weighted by Gasteiger charge is 2.08. The van der Waals surface area contributed by atoms with Gasteiger partial charge in [-0.15, -0.1) is 4.98 Å². The van der Waals surface area contributed by atoms with Crippen LogP contribution in [-0.4, -0.2) is 42.3 Å². The zero-order valence-electron chi connectivity index (χ0n) is 10.4. The van der Waals surface area contributed by atoms with Crippen LogP contribution in [0.5, 0.6) is 12.0 Å². The molecule has 7 nitrogen and oxygen atoms in total. The van der Waals surface area contributed by atoms with E-state index in [9.17, 15) is 0 Å². The summed E-state index contributed by atoms with van der Waals surface area (Å²) < 4.78 is 9.90. The van der Waals surface area contributed by atoms with Gasteiger partial charge >= 0.3 is 12.0 Å². The summed E-state index contributed by atoms with van der Waals surface area (Å²) >= 11 is 0. The van der Waals surface area contributed by atoms with Crippen molar-refractivity contribution in [2.75, 3.05) is 32.6 Å². The van der Waals surface area contributed by atoms with Crippen LogP contribution < -0.4 is 20.5 Å². The largest absolute Gasteiger partial charge is 0.467 e. The first-order valence-corrected chi connectivity index (χ1v) is 5.47. The van der Waals surface area contributed by atoms with Crippen LogP contribution in [0.2, 0.25) is 0 Å². The van der Waals surface area contributed by atoms with Crippen LogP contribution in [0.3, 0.4) is 0 Å². The molecule has 1 heterocycles. The number of rotatable bonds is 7. The minimum atomic E-state index is 0.228. The van der Waals surface area contributed by atoms with Crippen molar-refractivity contribution in [1.82, 2.24) is 15.0 Å². The second-order valence-electron chi connectivity index (χ2n) is 3.70. The number of nitrogens with two attached hydrogens (primary N) is 1. The fourth-order valence-electron chi connectivity index (χ4n) is 1.25. The van der Waals surface area contributed by atoms with Gasteiger partial charge in [-0.25, -0.2) is 0 Å². The van der Waals surface area contributed by atoms with Crippen molar-refractivity contribution in [1.29, 1.82) is 0 Å². The van der Waals surface area contributed by atoms with E-state index in [-0.39, 0.29) is 12.0 Å². The molecule has 0 aliphatic heterocycles. The number of anilines is 1. The van der Waals surface area contributed by atoms with Gasteiger partial charge in [0.15, 0.2) is 0 Å². The van der Waals surface area contributed by atoms with E-state index in [0.29, 0.717) is 18.4 Å². The Bertz CT molecular complexity index is 325. The van der Waals surface area contributed by atoms with E-state index in [1.807, 2.05) is 0 Å². The first-order chi connectivity index (χ1) is 8.19. The smallest absolute Gasteiger partial charge is 0.324 e. The molecule has 7 heteroatoms. The molecule has 1 aromatic heterocycles. The molecule has 1 unspecified atom stereocenters. The van der Waals surface area contributed by atoms with E-state index in [1.54, 1.807) is 0 Å². The third kappa shape index (κ3) is 4.39. The topological polar surface area (TPSA) is 95.2 Å². The Morgan fingerprint density at radius 1 is 1.18 bits per heavy atom. The molecule has 0 aliphatic rings. The van der Waals surface area contributed by atoms with Gasteiger partial charge in [0.05, 0.1) is 14.2 Å². The van der Waals surface area contributed by atoms with E-state index in [2.05, 4.69) is 27.2 Å². The van der Waals surface area contributed by atoms with Crippen LogP contribution in [0.1, 0.15) is 13.3 Å². The summed E-state index contributed by atoms with van der Waals surface area (Å²) in [7, 11) is 2.99. The number of nitrogens with zero attached hydrogens (tertiary/aromatic N) is 3. The van der Waals surface area contributed by atoms with Gasteiger partial charge in [-0.2, -0.15) is 9.97 Å². The van der Waals surface area contributed by atoms with Gasteiger partial charge < -0.3 is 20.5 Å². The fraction of sp³-hybridized carbons (Fsp3) is 0.700. The number of nitrogens with one attached hydrogen (secondary N) is 1. The van der Waals surface area contributed by atoms with Crippen LogP contribution in [0.25, 0.3) is 0 Å². The summed E-state index contributed by atoms with van der Waals surface area (Å²) in [5, 5.41) is 3.10. The van der Waals surface area contributed by atoms with E-state index in [0.717, 1.165) is 13.0 Å². The fourth-order valence-corrected chi connectivity index (χ4v) is 1.25. The Morgan fingerprint density at radius 2 is 1.76 bits per heavy atom. The molecule has 3 N–H and O–H groups in total. The zero-order chi connectivity index (χ0) is 12.7. The third-order valence-corrected chi connectivity index (χ3v) is 2.23. The molecule has 0 fully saturated rings. The summed E-state index contributed by atoms with van der Waals surface area (Å²) in [5.74, 6) is 0.895. The number of methoxy groups -OCH3 is 2. The van der Waals surface area contributed by atoms with Crippen molar-refractivity contribution >= 4 is 5.95 Å². The first kappa shape index (κ1) is 13.4. The minimum absolute atomic E-state index is 0.228. The zero-order valence-corrected chi connectivity index (χ0v) is 10.4. The van der Waals surface area contributed by atoms with Crippen LogP contribution in [0.15, 0.2) is 0 Å². The number of aromatic nitrogens is 3. The number of ether oxygens (including phenoxy) is 2. The predicted octanol–water partition coefficient (Wildman–Crippen LogP) is 0.286. The van der Waals surface area contributed by atoms with E-state index < -0.39 is 0 Å². The van der Waals surface area contributed by atoms with Crippen molar-refractivity contribution in [2.24, 2.45) is 11.7 Å². The molecule has 0 spiro atoms. The highest BCUT2D eigenvalue weighted by Crippen LogP contribution is 2.12. The lowest BCUT2D eigenvalue weighted by molar-refractivity contribution is 0.341. The predicted molar refractivity (Wildman–Crippen MR) is 64.3 cm³/mol. The van der Waals surface area contributed by atoms with E-state index >= 15 is 0 Å². The Balaban J connectivity index is 2.63. The second kappa shape index (κ2) is 6.85. The molecular formula is C10H19N5O2. The van der Waals surface area contributed by atoms with Crippen molar-refractivity contribution in [3.8, 4) is 12.0 Å². The molecule has 1 aromatic rings. The highest BCUT2D eigenvalue weighted by atomic mass is 16.5. The summed E-state index contributed by atoms with van der Waals surface area (Å²) in [5.41, 5.74) is 5.48. The Kier molecular flexibility index (Phi) is 5.41. The maximum absolute atomic E-state index is 5.48. The molecule has 0 bridgehead atoms. The monoisotopic (exact) mass is 241 g/mol. The summed E-state index contributed by atoms with van der Waals surface area (Å²) in [6.45, 7) is 3.52. The molecular weight excluding hydrogens is 222 g/mol. The van der Waals surface area contributed by atoms with Crippen LogP contribution >= 0.6 is 0 Å². The van der Waals surface area contributed by atoms with Gasteiger partial charge in [0.1, 0.15) is 0 Å². The lowest BCUT2D eigenvalue weighted by Crippen LogP contribution is -2.17. The number of hydrogen-bond acceptors (Lipinski definition) is 7. The molecule has 0 aliphatic carbocycles. The molecule has 0 radical (unpaired) electrons. The van der Waals surface area contributed by atoms with Gasteiger partial charge in [-0.1, -0.05) is 6.92 Å². The molecule has 0 aromatic carbocycles. The van der Waals surface area contributed by atoms with Crippen LogP contribution in [0.4, 0.5) is 5.95 Å². The second-order valence-corrected chi connectivity index (χ2v) is 3.70. The lowest BCUT2D eigenvalue weighted by atomic mass is 10.1. The quantitative estimate of drug-likeness (QED) is 0.708. The maximum Gasteiger partial charge on any atom is 0.324 e. The van der Waals surface area contributed by atoms with Gasteiger partial charge in [-0.3, -0.25) is 0 Å². The maximum atomic E-state index is 5.48. The molecule has 0 saturated carbocycles. The Hall–Kier alpha value is -1.63. The van der Waals surface area contributed by atoms with Gasteiger partial charge in [-0.05, 0) is 18.9 Å². The Morgan fingerprint density at radius 3 is 2.24 bits per heavy atom. The van der Waals surface area contributed by atoms with E-state index in [1.165, 1.54) is 14.2 Å². The van der Waals surface area contributed by atoms with Crippen molar-refractivity contribution < 1.29 is 9.47 Å². The van der Waals surface area contributed by atoms with Gasteiger partial charge in [0.2, 0.25) is 5.95 Å². The standard InChI is InChI=1S/C10H19N5O2/c1-7(4-5-11)6-12-8-13-9(16-2)15-10(14-8)17-3/h7H,4-6,11H2,1-3H3,(H,12,13,14,15). The van der Waals surface area contributed by atoms with Crippen LogP contribution in [-0.2, 0) is 0 Å². The average molecular weight is 241 g/mol. The van der Waals surface area contributed by atoms with Crippen molar-refractivity contribution in [3.05, 3.63) is 0 Å². The molecule has 1 rings (SSSR count). The first-order valence-electron chi connectivity index (χ1n) is 5.47. The molecule has 1 atom stereocenters.